The Morgan fingerprint density at radius 3 is 2.75 bits per heavy atom. The second kappa shape index (κ2) is 8.58. The molecule has 2 aromatic rings. The molecular weight excluding hydrogens is 348 g/mol. The molecule has 0 radical (unpaired) electrons. The van der Waals surface area contributed by atoms with Gasteiger partial charge < -0.3 is 4.57 Å². The molecule has 8 heteroatoms. The van der Waals surface area contributed by atoms with Gasteiger partial charge in [-0.3, -0.25) is 14.3 Å². The molecule has 0 fully saturated rings. The topological polar surface area (TPSA) is 72.7 Å². The van der Waals surface area contributed by atoms with Crippen molar-refractivity contribution in [2.45, 2.75) is 51.2 Å². The van der Waals surface area contributed by atoms with E-state index in [4.69, 9.17) is 11.6 Å². The first-order chi connectivity index (χ1) is 11.5. The van der Waals surface area contributed by atoms with Gasteiger partial charge in [0.1, 0.15) is 0 Å². The Bertz CT molecular complexity index is 846. The lowest BCUT2D eigenvalue weighted by molar-refractivity contribution is 0.562. The Morgan fingerprint density at radius 2 is 2.08 bits per heavy atom. The van der Waals surface area contributed by atoms with E-state index in [-0.39, 0.29) is 5.56 Å². The fraction of sp³-hybridized carbons (Fsp3) is 0.562. The standard InChI is InChI=1S/C16H23ClN4O2S/c1-4-5-6-7-9-21-12-13(20(3)15(23)19-14(12)22)18-16(21)24-10-8-11(2)17/h8H,4-7,9-10H2,1-3H3,(H,19,22,23)/b11-8-. The van der Waals surface area contributed by atoms with E-state index in [0.717, 1.165) is 35.9 Å². The highest BCUT2D eigenvalue weighted by atomic mass is 35.5. The number of imidazole rings is 1. The molecule has 1 N–H and O–H groups in total. The van der Waals surface area contributed by atoms with Gasteiger partial charge in [-0.15, -0.1) is 0 Å². The second-order valence-electron chi connectivity index (χ2n) is 5.70. The highest BCUT2D eigenvalue weighted by molar-refractivity contribution is 7.99. The molecular formula is C16H23ClN4O2S. The van der Waals surface area contributed by atoms with Crippen LogP contribution in [-0.2, 0) is 13.6 Å². The Kier molecular flexibility index (Phi) is 6.74. The Morgan fingerprint density at radius 1 is 1.33 bits per heavy atom. The predicted octanol–water partition coefficient (Wildman–Crippen LogP) is 3.24. The normalized spacial score (nSPS) is 12.2. The zero-order chi connectivity index (χ0) is 17.7. The van der Waals surface area contributed by atoms with E-state index in [2.05, 4.69) is 16.9 Å². The number of thioether (sulfide) groups is 1. The minimum atomic E-state index is -0.448. The molecule has 0 aliphatic rings. The van der Waals surface area contributed by atoms with Crippen LogP contribution in [0.5, 0.6) is 0 Å². The van der Waals surface area contributed by atoms with E-state index in [1.807, 2.05) is 17.6 Å². The summed E-state index contributed by atoms with van der Waals surface area (Å²) in [5, 5.41) is 1.46. The molecule has 0 unspecified atom stereocenters. The van der Waals surface area contributed by atoms with Crippen LogP contribution >= 0.6 is 23.4 Å². The fourth-order valence-corrected chi connectivity index (χ4v) is 3.60. The van der Waals surface area contributed by atoms with Crippen molar-refractivity contribution in [1.82, 2.24) is 19.1 Å². The maximum absolute atomic E-state index is 12.3. The minimum absolute atomic E-state index is 0.382. The van der Waals surface area contributed by atoms with Crippen molar-refractivity contribution in [1.29, 1.82) is 0 Å². The van der Waals surface area contributed by atoms with E-state index in [9.17, 15) is 9.59 Å². The third-order valence-electron chi connectivity index (χ3n) is 3.78. The molecule has 0 saturated carbocycles. The summed E-state index contributed by atoms with van der Waals surface area (Å²) in [7, 11) is 1.62. The van der Waals surface area contributed by atoms with Gasteiger partial charge in [-0.2, -0.15) is 0 Å². The van der Waals surface area contributed by atoms with Gasteiger partial charge in [-0.05, 0) is 13.3 Å². The van der Waals surface area contributed by atoms with Crippen LogP contribution in [0.4, 0.5) is 0 Å². The molecule has 0 bridgehead atoms. The van der Waals surface area contributed by atoms with Crippen molar-refractivity contribution in [3.05, 3.63) is 31.9 Å². The van der Waals surface area contributed by atoms with Gasteiger partial charge in [0.2, 0.25) is 0 Å². The van der Waals surface area contributed by atoms with Gasteiger partial charge >= 0.3 is 5.69 Å². The smallest absolute Gasteiger partial charge is 0.313 e. The molecule has 0 spiro atoms. The highest BCUT2D eigenvalue weighted by Crippen LogP contribution is 2.23. The monoisotopic (exact) mass is 370 g/mol. The second-order valence-corrected chi connectivity index (χ2v) is 7.28. The number of aromatic nitrogens is 4. The number of allylic oxidation sites excluding steroid dienone is 1. The number of halogens is 1. The summed E-state index contributed by atoms with van der Waals surface area (Å²) in [5.41, 5.74) is 0.0548. The number of unbranched alkanes of at least 4 members (excludes halogenated alkanes) is 3. The summed E-state index contributed by atoms with van der Waals surface area (Å²) < 4.78 is 3.30. The van der Waals surface area contributed by atoms with Crippen molar-refractivity contribution >= 4 is 34.5 Å². The van der Waals surface area contributed by atoms with Crippen molar-refractivity contribution in [3.63, 3.8) is 0 Å². The van der Waals surface area contributed by atoms with Crippen LogP contribution in [0.2, 0.25) is 0 Å². The summed E-state index contributed by atoms with van der Waals surface area (Å²) in [6.45, 7) is 4.70. The first-order valence-electron chi connectivity index (χ1n) is 8.10. The summed E-state index contributed by atoms with van der Waals surface area (Å²) in [4.78, 5) is 31.0. The molecule has 132 valence electrons. The molecule has 0 atom stereocenters. The predicted molar refractivity (Wildman–Crippen MR) is 100 cm³/mol. The van der Waals surface area contributed by atoms with Gasteiger partial charge in [0.05, 0.1) is 0 Å². The Hall–Kier alpha value is -1.47. The maximum atomic E-state index is 12.3. The maximum Gasteiger partial charge on any atom is 0.329 e. The lowest BCUT2D eigenvalue weighted by Gasteiger charge is -2.07. The van der Waals surface area contributed by atoms with Crippen LogP contribution in [0.15, 0.2) is 25.9 Å². The van der Waals surface area contributed by atoms with Crippen LogP contribution in [0.1, 0.15) is 39.5 Å². The number of H-pyrrole nitrogens is 1. The molecule has 24 heavy (non-hydrogen) atoms. The van der Waals surface area contributed by atoms with Gasteiger partial charge in [-0.25, -0.2) is 9.78 Å². The number of hydrogen-bond acceptors (Lipinski definition) is 4. The number of fused-ring (bicyclic) bond motifs is 1. The van der Waals surface area contributed by atoms with Gasteiger partial charge in [0, 0.05) is 24.4 Å². The van der Waals surface area contributed by atoms with Crippen LogP contribution in [-0.4, -0.2) is 24.9 Å². The van der Waals surface area contributed by atoms with Crippen molar-refractivity contribution in [2.75, 3.05) is 5.75 Å². The molecule has 0 amide bonds. The number of aromatic amines is 1. The van der Waals surface area contributed by atoms with Gasteiger partial charge in [0.25, 0.3) is 5.56 Å². The van der Waals surface area contributed by atoms with Gasteiger partial charge in [0.15, 0.2) is 16.3 Å². The number of nitrogens with one attached hydrogen (secondary N) is 1. The molecule has 0 saturated heterocycles. The Balaban J connectivity index is 2.43. The van der Waals surface area contributed by atoms with Crippen LogP contribution < -0.4 is 11.2 Å². The zero-order valence-corrected chi connectivity index (χ0v) is 15.8. The van der Waals surface area contributed by atoms with E-state index < -0.39 is 5.69 Å². The van der Waals surface area contributed by atoms with Crippen molar-refractivity contribution in [3.8, 4) is 0 Å². The third-order valence-corrected chi connectivity index (χ3v) is 4.84. The number of nitrogens with zero attached hydrogens (tertiary/aromatic N) is 3. The SMILES string of the molecule is CCCCCCn1c(SC/C=C(/C)Cl)nc2c1c(=O)[nH]c(=O)n2C. The number of aryl methyl sites for hydroxylation is 2. The van der Waals surface area contributed by atoms with Crippen molar-refractivity contribution < 1.29 is 0 Å². The minimum Gasteiger partial charge on any atom is -0.313 e. The largest absolute Gasteiger partial charge is 0.329 e. The quantitative estimate of drug-likeness (QED) is 0.572. The average molecular weight is 371 g/mol. The summed E-state index contributed by atoms with van der Waals surface area (Å²) >= 11 is 7.38. The van der Waals surface area contributed by atoms with E-state index in [1.54, 1.807) is 7.05 Å². The molecule has 2 heterocycles. The molecule has 6 nitrogen and oxygen atoms in total. The first kappa shape index (κ1) is 18.9. The summed E-state index contributed by atoms with van der Waals surface area (Å²) in [5.74, 6) is 0.666. The first-order valence-corrected chi connectivity index (χ1v) is 9.46. The Labute approximate surface area is 149 Å². The van der Waals surface area contributed by atoms with E-state index in [1.165, 1.54) is 16.3 Å². The molecule has 2 rings (SSSR count). The lowest BCUT2D eigenvalue weighted by Crippen LogP contribution is -2.29. The van der Waals surface area contributed by atoms with Crippen molar-refractivity contribution in [2.24, 2.45) is 7.05 Å². The van der Waals surface area contributed by atoms with Crippen LogP contribution in [0.25, 0.3) is 11.2 Å². The molecule has 0 aromatic carbocycles. The number of hydrogen-bond donors (Lipinski definition) is 1. The summed E-state index contributed by atoms with van der Waals surface area (Å²) in [6, 6.07) is 0. The zero-order valence-electron chi connectivity index (χ0n) is 14.3. The molecule has 0 aliphatic carbocycles. The van der Waals surface area contributed by atoms with Gasteiger partial charge in [-0.1, -0.05) is 55.6 Å². The van der Waals surface area contributed by atoms with E-state index >= 15 is 0 Å². The third kappa shape index (κ3) is 4.33. The lowest BCUT2D eigenvalue weighted by atomic mass is 10.2. The molecule has 2 aromatic heterocycles. The fourth-order valence-electron chi connectivity index (χ4n) is 2.46. The van der Waals surface area contributed by atoms with Crippen LogP contribution in [0.3, 0.4) is 0 Å². The van der Waals surface area contributed by atoms with Crippen LogP contribution in [0, 0.1) is 0 Å². The highest BCUT2D eigenvalue weighted by Gasteiger charge is 2.17. The average Bonchev–Trinajstić information content (AvgIpc) is 2.88. The van der Waals surface area contributed by atoms with E-state index in [0.29, 0.717) is 23.5 Å². The number of rotatable bonds is 8. The molecule has 0 aliphatic heterocycles. The summed E-state index contributed by atoms with van der Waals surface area (Å²) in [6.07, 6.45) is 6.29.